The van der Waals surface area contributed by atoms with Crippen LogP contribution in [0.3, 0.4) is 0 Å². The third-order valence-electron chi connectivity index (χ3n) is 3.21. The van der Waals surface area contributed by atoms with Crippen LogP contribution in [0, 0.1) is 13.8 Å². The number of aliphatic hydroxyl groups is 2. The van der Waals surface area contributed by atoms with Crippen molar-refractivity contribution in [2.24, 2.45) is 0 Å². The number of aliphatic hydroxyl groups excluding tert-OH is 2. The van der Waals surface area contributed by atoms with Crippen LogP contribution in [-0.4, -0.2) is 53.6 Å². The molecule has 0 aromatic heterocycles. The molecule has 1 heterocycles. The van der Waals surface area contributed by atoms with Crippen LogP contribution in [0.1, 0.15) is 11.1 Å². The molecule has 2 rings (SSSR count). The van der Waals surface area contributed by atoms with Crippen molar-refractivity contribution < 1.29 is 14.9 Å². The molecule has 0 aliphatic carbocycles. The first-order chi connectivity index (χ1) is 8.54. The smallest absolute Gasteiger partial charge is 0.119 e. The first kappa shape index (κ1) is 13.3. The number of β-amino-alcohol motifs (C(OH)–C–C–N with tert-alkyl or cyclic N) is 2. The predicted molar refractivity (Wildman–Crippen MR) is 69.9 cm³/mol. The number of hydrogen-bond donors (Lipinski definition) is 2. The Kier molecular flexibility index (Phi) is 4.22. The van der Waals surface area contributed by atoms with E-state index in [0.29, 0.717) is 19.7 Å². The maximum absolute atomic E-state index is 9.42. The summed E-state index contributed by atoms with van der Waals surface area (Å²) in [6.45, 7) is 6.44. The standard InChI is InChI=1S/C14H21NO3/c1-10-5-11(2)7-12(6-10)18-4-3-15-8-13(16)14(17)9-15/h5-7,13-14,16-17H,3-4,8-9H2,1-2H3/t13-,14+. The number of ether oxygens (including phenoxy) is 1. The Labute approximate surface area is 108 Å². The van der Waals surface area contributed by atoms with Gasteiger partial charge in [-0.15, -0.1) is 0 Å². The second-order valence-electron chi connectivity index (χ2n) is 5.07. The maximum Gasteiger partial charge on any atom is 0.119 e. The Morgan fingerprint density at radius 2 is 1.67 bits per heavy atom. The van der Waals surface area contributed by atoms with Crippen molar-refractivity contribution in [1.29, 1.82) is 0 Å². The fourth-order valence-corrected chi connectivity index (χ4v) is 2.34. The molecule has 1 saturated heterocycles. The van der Waals surface area contributed by atoms with Gasteiger partial charge in [0.1, 0.15) is 12.4 Å². The highest BCUT2D eigenvalue weighted by molar-refractivity contribution is 5.32. The van der Waals surface area contributed by atoms with Crippen LogP contribution in [-0.2, 0) is 0 Å². The van der Waals surface area contributed by atoms with Gasteiger partial charge in [0.15, 0.2) is 0 Å². The lowest BCUT2D eigenvalue weighted by Gasteiger charge is -2.15. The third-order valence-corrected chi connectivity index (χ3v) is 3.21. The van der Waals surface area contributed by atoms with E-state index < -0.39 is 12.2 Å². The summed E-state index contributed by atoms with van der Waals surface area (Å²) in [6, 6.07) is 6.14. The van der Waals surface area contributed by atoms with Gasteiger partial charge in [-0.3, -0.25) is 4.90 Å². The number of benzene rings is 1. The van der Waals surface area contributed by atoms with E-state index in [4.69, 9.17) is 4.74 Å². The average Bonchev–Trinajstić information content (AvgIpc) is 2.57. The zero-order valence-electron chi connectivity index (χ0n) is 11.0. The van der Waals surface area contributed by atoms with Crippen molar-refractivity contribution >= 4 is 0 Å². The second-order valence-corrected chi connectivity index (χ2v) is 5.07. The van der Waals surface area contributed by atoms with Crippen molar-refractivity contribution in [3.63, 3.8) is 0 Å². The molecule has 1 aliphatic heterocycles. The molecule has 2 N–H and O–H groups in total. The lowest BCUT2D eigenvalue weighted by Crippen LogP contribution is -2.27. The minimum absolute atomic E-state index is 0.525. The molecule has 1 fully saturated rings. The monoisotopic (exact) mass is 251 g/mol. The van der Waals surface area contributed by atoms with Gasteiger partial charge in [0, 0.05) is 19.6 Å². The molecule has 0 amide bonds. The fraction of sp³-hybridized carbons (Fsp3) is 0.571. The van der Waals surface area contributed by atoms with E-state index >= 15 is 0 Å². The number of rotatable bonds is 4. The molecule has 0 bridgehead atoms. The highest BCUT2D eigenvalue weighted by Crippen LogP contribution is 2.16. The van der Waals surface area contributed by atoms with Crippen LogP contribution in [0.15, 0.2) is 18.2 Å². The lowest BCUT2D eigenvalue weighted by molar-refractivity contribution is 0.0572. The second kappa shape index (κ2) is 5.69. The zero-order chi connectivity index (χ0) is 13.1. The summed E-state index contributed by atoms with van der Waals surface area (Å²) in [5.41, 5.74) is 2.38. The molecule has 0 spiro atoms. The van der Waals surface area contributed by atoms with E-state index in [1.165, 1.54) is 11.1 Å². The number of hydrogen-bond acceptors (Lipinski definition) is 4. The summed E-state index contributed by atoms with van der Waals surface area (Å²) in [6.07, 6.45) is -1.24. The van der Waals surface area contributed by atoms with Crippen molar-refractivity contribution in [2.45, 2.75) is 26.1 Å². The molecular weight excluding hydrogens is 230 g/mol. The average molecular weight is 251 g/mol. The van der Waals surface area contributed by atoms with Crippen molar-refractivity contribution in [3.8, 4) is 5.75 Å². The Morgan fingerprint density at radius 3 is 2.22 bits per heavy atom. The molecule has 18 heavy (non-hydrogen) atoms. The predicted octanol–water partition coefficient (Wildman–Crippen LogP) is 0.720. The van der Waals surface area contributed by atoms with Crippen molar-refractivity contribution in [2.75, 3.05) is 26.2 Å². The van der Waals surface area contributed by atoms with Gasteiger partial charge in [0.05, 0.1) is 12.2 Å². The van der Waals surface area contributed by atoms with Crippen LogP contribution in [0.25, 0.3) is 0 Å². The topological polar surface area (TPSA) is 52.9 Å². The van der Waals surface area contributed by atoms with Gasteiger partial charge in [-0.25, -0.2) is 0 Å². The van der Waals surface area contributed by atoms with Gasteiger partial charge in [-0.05, 0) is 37.1 Å². The van der Waals surface area contributed by atoms with E-state index in [2.05, 4.69) is 6.07 Å². The van der Waals surface area contributed by atoms with Crippen LogP contribution >= 0.6 is 0 Å². The largest absolute Gasteiger partial charge is 0.492 e. The zero-order valence-corrected chi connectivity index (χ0v) is 11.0. The van der Waals surface area contributed by atoms with Gasteiger partial charge < -0.3 is 14.9 Å². The first-order valence-corrected chi connectivity index (χ1v) is 6.34. The summed E-state index contributed by atoms with van der Waals surface area (Å²) in [7, 11) is 0. The summed E-state index contributed by atoms with van der Waals surface area (Å²) < 4.78 is 5.70. The normalized spacial score (nSPS) is 24.4. The van der Waals surface area contributed by atoms with Gasteiger partial charge in [-0.1, -0.05) is 6.07 Å². The highest BCUT2D eigenvalue weighted by Gasteiger charge is 2.28. The summed E-state index contributed by atoms with van der Waals surface area (Å²) >= 11 is 0. The molecule has 0 saturated carbocycles. The Morgan fingerprint density at radius 1 is 1.11 bits per heavy atom. The molecule has 0 unspecified atom stereocenters. The van der Waals surface area contributed by atoms with Crippen LogP contribution < -0.4 is 4.74 Å². The number of nitrogens with zero attached hydrogens (tertiary/aromatic N) is 1. The summed E-state index contributed by atoms with van der Waals surface area (Å²) in [5.74, 6) is 0.882. The molecule has 4 nitrogen and oxygen atoms in total. The highest BCUT2D eigenvalue weighted by atomic mass is 16.5. The van der Waals surface area contributed by atoms with E-state index in [-0.39, 0.29) is 0 Å². The molecule has 1 aromatic rings. The van der Waals surface area contributed by atoms with Gasteiger partial charge in [0.25, 0.3) is 0 Å². The molecular formula is C14H21NO3. The van der Waals surface area contributed by atoms with E-state index in [1.807, 2.05) is 30.9 Å². The van der Waals surface area contributed by atoms with Crippen molar-refractivity contribution in [3.05, 3.63) is 29.3 Å². The number of likely N-dealkylation sites (tertiary alicyclic amines) is 1. The molecule has 4 heteroatoms. The van der Waals surface area contributed by atoms with Gasteiger partial charge >= 0.3 is 0 Å². The molecule has 0 radical (unpaired) electrons. The van der Waals surface area contributed by atoms with Crippen LogP contribution in [0.4, 0.5) is 0 Å². The molecule has 1 aromatic carbocycles. The minimum atomic E-state index is -0.619. The quantitative estimate of drug-likeness (QED) is 0.828. The van der Waals surface area contributed by atoms with Crippen molar-refractivity contribution in [1.82, 2.24) is 4.90 Å². The van der Waals surface area contributed by atoms with E-state index in [1.54, 1.807) is 0 Å². The number of aryl methyl sites for hydroxylation is 2. The summed E-state index contributed by atoms with van der Waals surface area (Å²) in [4.78, 5) is 2.01. The minimum Gasteiger partial charge on any atom is -0.492 e. The lowest BCUT2D eigenvalue weighted by atomic mass is 10.1. The van der Waals surface area contributed by atoms with E-state index in [9.17, 15) is 10.2 Å². The fourth-order valence-electron chi connectivity index (χ4n) is 2.34. The third kappa shape index (κ3) is 3.45. The Bertz CT molecular complexity index is 378. The molecule has 1 aliphatic rings. The molecule has 2 atom stereocenters. The Balaban J connectivity index is 1.78. The van der Waals surface area contributed by atoms with E-state index in [0.717, 1.165) is 12.3 Å². The van der Waals surface area contributed by atoms with Gasteiger partial charge in [-0.2, -0.15) is 0 Å². The Hall–Kier alpha value is -1.10. The van der Waals surface area contributed by atoms with Crippen LogP contribution in [0.2, 0.25) is 0 Å². The maximum atomic E-state index is 9.42. The van der Waals surface area contributed by atoms with Crippen LogP contribution in [0.5, 0.6) is 5.75 Å². The van der Waals surface area contributed by atoms with Gasteiger partial charge in [0.2, 0.25) is 0 Å². The summed E-state index contributed by atoms with van der Waals surface area (Å²) in [5, 5.41) is 18.8. The molecule has 100 valence electrons. The SMILES string of the molecule is Cc1cc(C)cc(OCCN2C[C@@H](O)[C@@H](O)C2)c1. The first-order valence-electron chi connectivity index (χ1n) is 6.34.